The second-order valence-corrected chi connectivity index (χ2v) is 8.70. The Morgan fingerprint density at radius 2 is 1.94 bits per heavy atom. The van der Waals surface area contributed by atoms with Gasteiger partial charge in [-0.2, -0.15) is 5.10 Å². The number of rotatable bonds is 3. The summed E-state index contributed by atoms with van der Waals surface area (Å²) in [5, 5.41) is 5.05. The van der Waals surface area contributed by atoms with Crippen molar-refractivity contribution >= 4 is 11.0 Å². The quantitative estimate of drug-likeness (QED) is 0.450. The molecule has 6 nitrogen and oxygen atoms in total. The summed E-state index contributed by atoms with van der Waals surface area (Å²) in [6.07, 6.45) is 5.32. The van der Waals surface area contributed by atoms with Crippen LogP contribution in [0.5, 0.6) is 0 Å². The fourth-order valence-corrected chi connectivity index (χ4v) is 4.33. The predicted octanol–water partition coefficient (Wildman–Crippen LogP) is 5.12. The molecule has 1 fully saturated rings. The van der Waals surface area contributed by atoms with Gasteiger partial charge >= 0.3 is 0 Å². The Bertz CT molecular complexity index is 1320. The lowest BCUT2D eigenvalue weighted by Crippen LogP contribution is -2.20. The number of fused-ring (bicyclic) bond motifs is 1. The number of aryl methyl sites for hydroxylation is 4. The molecule has 0 spiro atoms. The van der Waals surface area contributed by atoms with E-state index in [1.165, 1.54) is 0 Å². The van der Waals surface area contributed by atoms with Gasteiger partial charge in [-0.15, -0.1) is 0 Å². The number of halogens is 1. The van der Waals surface area contributed by atoms with Gasteiger partial charge in [-0.25, -0.2) is 19.3 Å². The van der Waals surface area contributed by atoms with Gasteiger partial charge in [0.05, 0.1) is 18.0 Å². The molecule has 4 aromatic rings. The summed E-state index contributed by atoms with van der Waals surface area (Å²) in [4.78, 5) is 14.5. The molecule has 0 bridgehead atoms. The number of hydrogen-bond donors (Lipinski definition) is 0. The molecule has 2 atom stereocenters. The van der Waals surface area contributed by atoms with Crippen LogP contribution < -0.4 is 0 Å². The van der Waals surface area contributed by atoms with Crippen LogP contribution in [0, 0.1) is 26.6 Å². The molecule has 3 aromatic heterocycles. The van der Waals surface area contributed by atoms with Crippen molar-refractivity contribution in [3.8, 4) is 11.3 Å². The first kappa shape index (κ1) is 20.7. The zero-order chi connectivity index (χ0) is 22.4. The number of nitrogens with zero attached hydrogens (tertiary/aromatic N) is 5. The maximum atomic E-state index is 15.0. The van der Waals surface area contributed by atoms with Crippen molar-refractivity contribution in [3.63, 3.8) is 0 Å². The minimum absolute atomic E-state index is 0.0611. The average molecular weight is 432 g/mol. The van der Waals surface area contributed by atoms with Crippen LogP contribution in [0.2, 0.25) is 0 Å². The Kier molecular flexibility index (Phi) is 5.21. The minimum Gasteiger partial charge on any atom is -0.373 e. The second-order valence-electron chi connectivity index (χ2n) is 8.70. The van der Waals surface area contributed by atoms with Gasteiger partial charge in [0.2, 0.25) is 0 Å². The van der Waals surface area contributed by atoms with Crippen LogP contribution in [-0.4, -0.2) is 31.3 Å². The molecular formula is C25H26FN5O. The summed E-state index contributed by atoms with van der Waals surface area (Å²) in [5.41, 5.74) is 5.55. The highest BCUT2D eigenvalue weighted by molar-refractivity contribution is 5.91. The van der Waals surface area contributed by atoms with Gasteiger partial charge in [0.15, 0.2) is 5.65 Å². The van der Waals surface area contributed by atoms with E-state index in [1.54, 1.807) is 16.8 Å². The Morgan fingerprint density at radius 1 is 1.09 bits per heavy atom. The minimum atomic E-state index is -0.283. The molecule has 1 saturated heterocycles. The monoisotopic (exact) mass is 431 g/mol. The largest absolute Gasteiger partial charge is 0.373 e. The van der Waals surface area contributed by atoms with E-state index in [0.717, 1.165) is 40.6 Å². The lowest BCUT2D eigenvalue weighted by Gasteiger charge is -2.28. The van der Waals surface area contributed by atoms with Crippen molar-refractivity contribution in [2.75, 3.05) is 6.61 Å². The second kappa shape index (κ2) is 8.06. The molecule has 0 amide bonds. The van der Waals surface area contributed by atoms with Crippen LogP contribution in [0.15, 0.2) is 36.7 Å². The van der Waals surface area contributed by atoms with Crippen LogP contribution in [0.1, 0.15) is 53.1 Å². The smallest absolute Gasteiger partial charge is 0.163 e. The Hall–Kier alpha value is -3.19. The Morgan fingerprint density at radius 3 is 2.69 bits per heavy atom. The standard InChI is InChI=1S/C25H26FN5O/c1-14-5-6-19(21(26)9-14)23-20-10-15(2)16(3)28-25(20)30-24(29-23)17-7-8-32-22(11-17)18-12-27-31(4)13-18/h5-6,9-10,12-13,17,22H,7-8,11H2,1-4H3/t17-,22-/m0/s1. The maximum Gasteiger partial charge on any atom is 0.163 e. The molecule has 164 valence electrons. The number of aromatic nitrogens is 5. The average Bonchev–Trinajstić information content (AvgIpc) is 3.21. The molecule has 5 rings (SSSR count). The molecular weight excluding hydrogens is 405 g/mol. The first-order valence-corrected chi connectivity index (χ1v) is 10.9. The lowest BCUT2D eigenvalue weighted by atomic mass is 9.92. The summed E-state index contributed by atoms with van der Waals surface area (Å²) in [6, 6.07) is 7.27. The van der Waals surface area contributed by atoms with Gasteiger partial charge in [0.25, 0.3) is 0 Å². The zero-order valence-corrected chi connectivity index (χ0v) is 18.8. The highest BCUT2D eigenvalue weighted by atomic mass is 19.1. The molecule has 0 saturated carbocycles. The fraction of sp³-hybridized carbons (Fsp3) is 0.360. The van der Waals surface area contributed by atoms with E-state index in [1.807, 2.05) is 52.3 Å². The molecule has 0 unspecified atom stereocenters. The Labute approximate surface area is 186 Å². The topological polar surface area (TPSA) is 65.7 Å². The summed E-state index contributed by atoms with van der Waals surface area (Å²) < 4.78 is 22.8. The van der Waals surface area contributed by atoms with Crippen molar-refractivity contribution < 1.29 is 9.13 Å². The fourth-order valence-electron chi connectivity index (χ4n) is 4.33. The van der Waals surface area contributed by atoms with Gasteiger partial charge in [0, 0.05) is 48.0 Å². The van der Waals surface area contributed by atoms with Gasteiger partial charge in [-0.3, -0.25) is 4.68 Å². The maximum absolute atomic E-state index is 15.0. The first-order valence-electron chi connectivity index (χ1n) is 10.9. The molecule has 1 aromatic carbocycles. The van der Waals surface area contributed by atoms with E-state index in [9.17, 15) is 4.39 Å². The van der Waals surface area contributed by atoms with Crippen LogP contribution in [0.25, 0.3) is 22.3 Å². The first-order chi connectivity index (χ1) is 15.4. The van der Waals surface area contributed by atoms with Gasteiger partial charge in [-0.1, -0.05) is 6.07 Å². The van der Waals surface area contributed by atoms with Crippen molar-refractivity contribution in [2.45, 2.75) is 45.6 Å². The molecule has 0 N–H and O–H groups in total. The molecule has 7 heteroatoms. The zero-order valence-electron chi connectivity index (χ0n) is 18.8. The molecule has 0 radical (unpaired) electrons. The van der Waals surface area contributed by atoms with Gasteiger partial charge in [-0.05, 0) is 62.9 Å². The highest BCUT2D eigenvalue weighted by Crippen LogP contribution is 2.38. The third-order valence-corrected chi connectivity index (χ3v) is 6.27. The highest BCUT2D eigenvalue weighted by Gasteiger charge is 2.29. The molecule has 4 heterocycles. The number of hydrogen-bond acceptors (Lipinski definition) is 5. The predicted molar refractivity (Wildman–Crippen MR) is 121 cm³/mol. The lowest BCUT2D eigenvalue weighted by molar-refractivity contribution is 0.00398. The van der Waals surface area contributed by atoms with E-state index >= 15 is 0 Å². The van der Waals surface area contributed by atoms with E-state index in [4.69, 9.17) is 19.7 Å². The number of benzene rings is 1. The summed E-state index contributed by atoms with van der Waals surface area (Å²) in [5.74, 6) is 0.504. The van der Waals surface area contributed by atoms with E-state index in [0.29, 0.717) is 29.3 Å². The van der Waals surface area contributed by atoms with Gasteiger partial charge in [0.1, 0.15) is 11.6 Å². The van der Waals surface area contributed by atoms with Crippen LogP contribution in [-0.2, 0) is 11.8 Å². The van der Waals surface area contributed by atoms with Gasteiger partial charge < -0.3 is 4.74 Å². The Balaban J connectivity index is 1.62. The van der Waals surface area contributed by atoms with Crippen LogP contribution >= 0.6 is 0 Å². The summed E-state index contributed by atoms with van der Waals surface area (Å²) in [7, 11) is 1.90. The third-order valence-electron chi connectivity index (χ3n) is 6.27. The van der Waals surface area contributed by atoms with E-state index < -0.39 is 0 Å². The van der Waals surface area contributed by atoms with Crippen molar-refractivity contribution in [2.24, 2.45) is 7.05 Å². The van der Waals surface area contributed by atoms with E-state index in [2.05, 4.69) is 5.10 Å². The molecule has 1 aliphatic heterocycles. The number of pyridine rings is 1. The molecule has 0 aliphatic carbocycles. The van der Waals surface area contributed by atoms with E-state index in [-0.39, 0.29) is 17.8 Å². The van der Waals surface area contributed by atoms with Crippen molar-refractivity contribution in [1.82, 2.24) is 24.7 Å². The van der Waals surface area contributed by atoms with Crippen LogP contribution in [0.4, 0.5) is 4.39 Å². The van der Waals surface area contributed by atoms with Crippen molar-refractivity contribution in [1.29, 1.82) is 0 Å². The van der Waals surface area contributed by atoms with Crippen LogP contribution in [0.3, 0.4) is 0 Å². The summed E-state index contributed by atoms with van der Waals surface area (Å²) in [6.45, 7) is 6.46. The normalized spacial score (nSPS) is 18.9. The summed E-state index contributed by atoms with van der Waals surface area (Å²) >= 11 is 0. The number of ether oxygens (including phenoxy) is 1. The molecule has 32 heavy (non-hydrogen) atoms. The SMILES string of the molecule is Cc1ccc(-c2nc([C@H]3CCO[C@H](c4cnn(C)c4)C3)nc3nc(C)c(C)cc23)c(F)c1. The molecule has 1 aliphatic rings. The third kappa shape index (κ3) is 3.77. The van der Waals surface area contributed by atoms with Crippen molar-refractivity contribution in [3.05, 3.63) is 70.7 Å².